The topological polar surface area (TPSA) is 93.0 Å². The summed E-state index contributed by atoms with van der Waals surface area (Å²) in [6, 6.07) is 11.0. The van der Waals surface area contributed by atoms with Crippen LogP contribution in [0.1, 0.15) is 5.56 Å². The number of hydrogen-bond donors (Lipinski definition) is 0. The van der Waals surface area contributed by atoms with E-state index in [1.165, 1.54) is 22.9 Å². The lowest BCUT2D eigenvalue weighted by atomic mass is 10.1. The number of likely N-dealkylation sites (N-methyl/N-ethyl adjacent to an activating group) is 1. The second-order valence-electron chi connectivity index (χ2n) is 6.02. The van der Waals surface area contributed by atoms with Crippen LogP contribution in [0.15, 0.2) is 42.5 Å². The number of ether oxygens (including phenoxy) is 1. The van der Waals surface area contributed by atoms with Crippen LogP contribution < -0.4 is 9.64 Å². The summed E-state index contributed by atoms with van der Waals surface area (Å²) < 4.78 is 5.35. The van der Waals surface area contributed by atoms with Crippen molar-refractivity contribution in [2.75, 3.05) is 25.1 Å². The standard InChI is InChI=1S/C18H16ClN3O5/c1-20(9-12-4-2-3-5-14(12)22(25)26)17(23)10-21-15-8-13(19)6-7-16(15)27-11-18(21)24/h2-8H,9-11H2,1H3. The molecule has 0 atom stereocenters. The summed E-state index contributed by atoms with van der Waals surface area (Å²) in [6.07, 6.45) is 0. The molecule has 0 spiro atoms. The molecule has 2 aromatic rings. The zero-order valence-corrected chi connectivity index (χ0v) is 15.2. The Labute approximate surface area is 160 Å². The summed E-state index contributed by atoms with van der Waals surface area (Å²) in [7, 11) is 1.53. The fraction of sp³-hybridized carbons (Fsp3) is 0.222. The number of nitro benzene ring substituents is 1. The molecule has 1 heterocycles. The average molecular weight is 390 g/mol. The molecule has 0 bridgehead atoms. The number of amides is 2. The Balaban J connectivity index is 1.77. The SMILES string of the molecule is CN(Cc1ccccc1[N+](=O)[O-])C(=O)CN1C(=O)COc2ccc(Cl)cc21. The Morgan fingerprint density at radius 2 is 2.07 bits per heavy atom. The summed E-state index contributed by atoms with van der Waals surface area (Å²) in [5.41, 5.74) is 0.776. The number of benzene rings is 2. The van der Waals surface area contributed by atoms with Crippen molar-refractivity contribution in [1.29, 1.82) is 0 Å². The molecule has 8 nitrogen and oxygen atoms in total. The minimum Gasteiger partial charge on any atom is -0.482 e. The minimum atomic E-state index is -0.489. The first kappa shape index (κ1) is 18.7. The molecule has 1 aliphatic heterocycles. The second kappa shape index (κ2) is 7.63. The van der Waals surface area contributed by atoms with Crippen molar-refractivity contribution < 1.29 is 19.2 Å². The zero-order valence-electron chi connectivity index (χ0n) is 14.4. The third kappa shape index (κ3) is 4.01. The van der Waals surface area contributed by atoms with Gasteiger partial charge in [0, 0.05) is 23.7 Å². The van der Waals surface area contributed by atoms with Crippen LogP contribution in [-0.4, -0.2) is 41.8 Å². The highest BCUT2D eigenvalue weighted by molar-refractivity contribution is 6.31. The van der Waals surface area contributed by atoms with Crippen LogP contribution in [0, 0.1) is 10.1 Å². The largest absolute Gasteiger partial charge is 0.482 e. The van der Waals surface area contributed by atoms with Crippen LogP contribution in [-0.2, 0) is 16.1 Å². The molecule has 0 aliphatic carbocycles. The number of carbonyl (C=O) groups excluding carboxylic acids is 2. The van der Waals surface area contributed by atoms with Gasteiger partial charge in [0.15, 0.2) is 6.61 Å². The van der Waals surface area contributed by atoms with Crippen LogP contribution in [0.2, 0.25) is 5.02 Å². The van der Waals surface area contributed by atoms with Gasteiger partial charge in [-0.1, -0.05) is 29.8 Å². The smallest absolute Gasteiger partial charge is 0.274 e. The van der Waals surface area contributed by atoms with E-state index in [-0.39, 0.29) is 37.2 Å². The number of rotatable bonds is 5. The van der Waals surface area contributed by atoms with Crippen molar-refractivity contribution in [2.45, 2.75) is 6.54 Å². The first-order valence-corrected chi connectivity index (χ1v) is 8.43. The van der Waals surface area contributed by atoms with Gasteiger partial charge in [-0.25, -0.2) is 0 Å². The van der Waals surface area contributed by atoms with Crippen molar-refractivity contribution in [3.63, 3.8) is 0 Å². The van der Waals surface area contributed by atoms with E-state index in [0.29, 0.717) is 22.0 Å². The maximum absolute atomic E-state index is 12.6. The molecule has 2 aromatic carbocycles. The lowest BCUT2D eigenvalue weighted by molar-refractivity contribution is -0.385. The molecule has 0 aromatic heterocycles. The zero-order chi connectivity index (χ0) is 19.6. The molecular formula is C18H16ClN3O5. The first-order valence-electron chi connectivity index (χ1n) is 8.06. The van der Waals surface area contributed by atoms with Gasteiger partial charge in [-0.2, -0.15) is 0 Å². The molecular weight excluding hydrogens is 374 g/mol. The maximum Gasteiger partial charge on any atom is 0.274 e. The quantitative estimate of drug-likeness (QED) is 0.579. The normalized spacial score (nSPS) is 13.0. The van der Waals surface area contributed by atoms with Crippen molar-refractivity contribution in [3.05, 3.63) is 63.2 Å². The number of fused-ring (bicyclic) bond motifs is 1. The number of para-hydroxylation sites is 1. The molecule has 0 unspecified atom stereocenters. The Morgan fingerprint density at radius 1 is 1.33 bits per heavy atom. The van der Waals surface area contributed by atoms with E-state index >= 15 is 0 Å². The minimum absolute atomic E-state index is 0.0525. The summed E-state index contributed by atoms with van der Waals surface area (Å²) in [6.45, 7) is -0.334. The van der Waals surface area contributed by atoms with Gasteiger partial charge in [-0.05, 0) is 18.2 Å². The van der Waals surface area contributed by atoms with Crippen molar-refractivity contribution in [1.82, 2.24) is 4.90 Å². The number of anilines is 1. The van der Waals surface area contributed by atoms with E-state index in [1.54, 1.807) is 36.4 Å². The summed E-state index contributed by atoms with van der Waals surface area (Å²) in [5.74, 6) is -0.264. The van der Waals surface area contributed by atoms with E-state index in [2.05, 4.69) is 0 Å². The van der Waals surface area contributed by atoms with E-state index in [4.69, 9.17) is 16.3 Å². The van der Waals surface area contributed by atoms with Crippen LogP contribution in [0.3, 0.4) is 0 Å². The predicted molar refractivity (Wildman–Crippen MR) is 98.9 cm³/mol. The highest BCUT2D eigenvalue weighted by atomic mass is 35.5. The van der Waals surface area contributed by atoms with Crippen LogP contribution in [0.25, 0.3) is 0 Å². The fourth-order valence-corrected chi connectivity index (χ4v) is 2.94. The summed E-state index contributed by atoms with van der Waals surface area (Å²) in [4.78, 5) is 38.1. The molecule has 27 heavy (non-hydrogen) atoms. The van der Waals surface area contributed by atoms with Gasteiger partial charge in [0.05, 0.1) is 17.2 Å². The third-order valence-electron chi connectivity index (χ3n) is 4.18. The Morgan fingerprint density at radius 3 is 2.81 bits per heavy atom. The van der Waals surface area contributed by atoms with Gasteiger partial charge in [-0.15, -0.1) is 0 Å². The number of nitrogens with zero attached hydrogens (tertiary/aromatic N) is 3. The first-order chi connectivity index (χ1) is 12.9. The molecule has 0 radical (unpaired) electrons. The van der Waals surface area contributed by atoms with Gasteiger partial charge in [-0.3, -0.25) is 24.6 Å². The highest BCUT2D eigenvalue weighted by Crippen LogP contribution is 2.34. The average Bonchev–Trinajstić information content (AvgIpc) is 2.64. The number of nitro groups is 1. The molecule has 3 rings (SSSR count). The van der Waals surface area contributed by atoms with Crippen molar-refractivity contribution >= 4 is 34.8 Å². The number of carbonyl (C=O) groups is 2. The van der Waals surface area contributed by atoms with Gasteiger partial charge >= 0.3 is 0 Å². The highest BCUT2D eigenvalue weighted by Gasteiger charge is 2.29. The third-order valence-corrected chi connectivity index (χ3v) is 4.41. The van der Waals surface area contributed by atoms with Crippen LogP contribution in [0.5, 0.6) is 5.75 Å². The molecule has 2 amide bonds. The fourth-order valence-electron chi connectivity index (χ4n) is 2.77. The predicted octanol–water partition coefficient (Wildman–Crippen LogP) is 2.63. The van der Waals surface area contributed by atoms with E-state index in [0.717, 1.165) is 0 Å². The Kier molecular flexibility index (Phi) is 5.27. The maximum atomic E-state index is 12.6. The molecule has 0 fully saturated rings. The second-order valence-corrected chi connectivity index (χ2v) is 6.45. The summed E-state index contributed by atoms with van der Waals surface area (Å²) in [5, 5.41) is 11.5. The van der Waals surface area contributed by atoms with Crippen LogP contribution in [0.4, 0.5) is 11.4 Å². The molecule has 9 heteroatoms. The molecule has 140 valence electrons. The van der Waals surface area contributed by atoms with E-state index in [1.807, 2.05) is 0 Å². The van der Waals surface area contributed by atoms with Crippen molar-refractivity contribution in [3.8, 4) is 5.75 Å². The molecule has 1 aliphatic rings. The van der Waals surface area contributed by atoms with Gasteiger partial charge in [0.1, 0.15) is 12.3 Å². The van der Waals surface area contributed by atoms with Gasteiger partial charge < -0.3 is 9.64 Å². The monoisotopic (exact) mass is 389 g/mol. The van der Waals surface area contributed by atoms with Crippen LogP contribution >= 0.6 is 11.6 Å². The lowest BCUT2D eigenvalue weighted by Crippen LogP contribution is -2.45. The number of halogens is 1. The molecule has 0 N–H and O–H groups in total. The van der Waals surface area contributed by atoms with E-state index in [9.17, 15) is 19.7 Å². The molecule has 0 saturated carbocycles. The van der Waals surface area contributed by atoms with Crippen molar-refractivity contribution in [2.24, 2.45) is 0 Å². The Bertz CT molecular complexity index is 918. The van der Waals surface area contributed by atoms with E-state index < -0.39 is 4.92 Å². The number of hydrogen-bond acceptors (Lipinski definition) is 5. The summed E-state index contributed by atoms with van der Waals surface area (Å²) >= 11 is 5.99. The van der Waals surface area contributed by atoms with Gasteiger partial charge in [0.25, 0.3) is 11.6 Å². The van der Waals surface area contributed by atoms with Gasteiger partial charge in [0.2, 0.25) is 5.91 Å². The lowest BCUT2D eigenvalue weighted by Gasteiger charge is -2.30. The Hall–Kier alpha value is -3.13. The molecule has 0 saturated heterocycles.